The van der Waals surface area contributed by atoms with Gasteiger partial charge in [0.25, 0.3) is 0 Å². The third-order valence-corrected chi connectivity index (χ3v) is 2.91. The third kappa shape index (κ3) is 6.94. The number of anilines is 1. The SMILES string of the molecule is CC(=O)Nc1ccccc1CNCCCCCCO. The molecule has 0 bridgehead atoms. The summed E-state index contributed by atoms with van der Waals surface area (Å²) in [6.07, 6.45) is 4.23. The molecule has 0 saturated carbocycles. The molecule has 0 aliphatic rings. The van der Waals surface area contributed by atoms with Crippen molar-refractivity contribution in [1.29, 1.82) is 0 Å². The second-order valence-electron chi connectivity index (χ2n) is 4.65. The molecule has 1 rings (SSSR count). The van der Waals surface area contributed by atoms with Gasteiger partial charge in [-0.05, 0) is 31.0 Å². The largest absolute Gasteiger partial charge is 0.396 e. The maximum Gasteiger partial charge on any atom is 0.221 e. The lowest BCUT2D eigenvalue weighted by Gasteiger charge is -2.10. The van der Waals surface area contributed by atoms with Crippen molar-refractivity contribution in [2.75, 3.05) is 18.5 Å². The summed E-state index contributed by atoms with van der Waals surface area (Å²) in [5, 5.41) is 14.9. The first-order chi connectivity index (χ1) is 9.24. The molecule has 0 aliphatic carbocycles. The Kier molecular flexibility index (Phi) is 7.86. The molecule has 0 aliphatic heterocycles. The molecule has 1 aromatic carbocycles. The predicted molar refractivity (Wildman–Crippen MR) is 78.0 cm³/mol. The number of aliphatic hydroxyl groups is 1. The number of nitrogens with one attached hydrogen (secondary N) is 2. The molecule has 106 valence electrons. The quantitative estimate of drug-likeness (QED) is 0.600. The standard InChI is InChI=1S/C15H24N2O2/c1-13(19)17-15-9-5-4-8-14(15)12-16-10-6-2-3-7-11-18/h4-5,8-9,16,18H,2-3,6-7,10-12H2,1H3,(H,17,19). The van der Waals surface area contributed by atoms with E-state index in [-0.39, 0.29) is 12.5 Å². The van der Waals surface area contributed by atoms with Crippen molar-refractivity contribution in [2.24, 2.45) is 0 Å². The van der Waals surface area contributed by atoms with E-state index >= 15 is 0 Å². The van der Waals surface area contributed by atoms with Gasteiger partial charge in [0.1, 0.15) is 0 Å². The van der Waals surface area contributed by atoms with E-state index in [9.17, 15) is 4.79 Å². The molecular formula is C15H24N2O2. The molecule has 0 heterocycles. The number of hydrogen-bond acceptors (Lipinski definition) is 3. The fourth-order valence-electron chi connectivity index (χ4n) is 1.92. The van der Waals surface area contributed by atoms with E-state index in [1.165, 1.54) is 6.92 Å². The monoisotopic (exact) mass is 264 g/mol. The van der Waals surface area contributed by atoms with Crippen molar-refractivity contribution in [1.82, 2.24) is 5.32 Å². The molecule has 3 N–H and O–H groups in total. The predicted octanol–water partition coefficient (Wildman–Crippen LogP) is 2.29. The molecule has 4 nitrogen and oxygen atoms in total. The van der Waals surface area contributed by atoms with Gasteiger partial charge in [-0.15, -0.1) is 0 Å². The molecular weight excluding hydrogens is 240 g/mol. The normalized spacial score (nSPS) is 10.4. The first-order valence-electron chi connectivity index (χ1n) is 6.91. The molecule has 0 atom stereocenters. The fraction of sp³-hybridized carbons (Fsp3) is 0.533. The number of aliphatic hydroxyl groups excluding tert-OH is 1. The lowest BCUT2D eigenvalue weighted by Crippen LogP contribution is -2.17. The molecule has 19 heavy (non-hydrogen) atoms. The van der Waals surface area contributed by atoms with Crippen molar-refractivity contribution >= 4 is 11.6 Å². The highest BCUT2D eigenvalue weighted by molar-refractivity contribution is 5.89. The molecule has 0 unspecified atom stereocenters. The number of para-hydroxylation sites is 1. The number of amides is 1. The lowest BCUT2D eigenvalue weighted by molar-refractivity contribution is -0.114. The summed E-state index contributed by atoms with van der Waals surface area (Å²) in [4.78, 5) is 11.1. The highest BCUT2D eigenvalue weighted by atomic mass is 16.2. The van der Waals surface area contributed by atoms with Crippen LogP contribution in [0.2, 0.25) is 0 Å². The highest BCUT2D eigenvalue weighted by Gasteiger charge is 2.02. The van der Waals surface area contributed by atoms with Crippen LogP contribution >= 0.6 is 0 Å². The van der Waals surface area contributed by atoms with Gasteiger partial charge in [-0.25, -0.2) is 0 Å². The Labute approximate surface area is 115 Å². The summed E-state index contributed by atoms with van der Waals surface area (Å²) in [5.74, 6) is -0.0450. The number of unbranched alkanes of at least 4 members (excludes halogenated alkanes) is 3. The Morgan fingerprint density at radius 3 is 2.63 bits per heavy atom. The number of carbonyl (C=O) groups excluding carboxylic acids is 1. The Balaban J connectivity index is 2.26. The smallest absolute Gasteiger partial charge is 0.221 e. The molecule has 1 amide bonds. The van der Waals surface area contributed by atoms with Crippen LogP contribution in [0.25, 0.3) is 0 Å². The van der Waals surface area contributed by atoms with Gasteiger partial charge in [-0.3, -0.25) is 4.79 Å². The average Bonchev–Trinajstić information content (AvgIpc) is 2.39. The Morgan fingerprint density at radius 2 is 1.89 bits per heavy atom. The maximum absolute atomic E-state index is 11.1. The van der Waals surface area contributed by atoms with E-state index in [4.69, 9.17) is 5.11 Å². The van der Waals surface area contributed by atoms with Crippen LogP contribution in [0.5, 0.6) is 0 Å². The summed E-state index contributed by atoms with van der Waals surface area (Å²) in [6, 6.07) is 7.83. The minimum Gasteiger partial charge on any atom is -0.396 e. The molecule has 0 saturated heterocycles. The van der Waals surface area contributed by atoms with E-state index in [2.05, 4.69) is 10.6 Å². The summed E-state index contributed by atoms with van der Waals surface area (Å²) in [5.41, 5.74) is 1.98. The summed E-state index contributed by atoms with van der Waals surface area (Å²) < 4.78 is 0. The van der Waals surface area contributed by atoms with E-state index < -0.39 is 0 Å². The van der Waals surface area contributed by atoms with E-state index in [0.717, 1.165) is 50.0 Å². The van der Waals surface area contributed by atoms with Gasteiger partial charge >= 0.3 is 0 Å². The van der Waals surface area contributed by atoms with Crippen molar-refractivity contribution < 1.29 is 9.90 Å². The number of hydrogen-bond donors (Lipinski definition) is 3. The molecule has 4 heteroatoms. The van der Waals surface area contributed by atoms with Crippen molar-refractivity contribution in [2.45, 2.75) is 39.2 Å². The molecule has 1 aromatic rings. The van der Waals surface area contributed by atoms with Gasteiger partial charge in [0.05, 0.1) is 0 Å². The zero-order valence-corrected chi connectivity index (χ0v) is 11.6. The van der Waals surface area contributed by atoms with Gasteiger partial charge in [-0.2, -0.15) is 0 Å². The zero-order valence-electron chi connectivity index (χ0n) is 11.6. The Bertz CT molecular complexity index is 380. The summed E-state index contributed by atoms with van der Waals surface area (Å²) >= 11 is 0. The van der Waals surface area contributed by atoms with Gasteiger partial charge in [0, 0.05) is 25.8 Å². The summed E-state index contributed by atoms with van der Waals surface area (Å²) in [6.45, 7) is 3.53. The second kappa shape index (κ2) is 9.53. The number of rotatable bonds is 9. The van der Waals surface area contributed by atoms with Gasteiger partial charge < -0.3 is 15.7 Å². The molecule has 0 aromatic heterocycles. The fourth-order valence-corrected chi connectivity index (χ4v) is 1.92. The van der Waals surface area contributed by atoms with E-state index in [0.29, 0.717) is 0 Å². The Hall–Kier alpha value is -1.39. The number of benzene rings is 1. The topological polar surface area (TPSA) is 61.4 Å². The van der Waals surface area contributed by atoms with Crippen LogP contribution in [0.4, 0.5) is 5.69 Å². The molecule has 0 spiro atoms. The minimum absolute atomic E-state index is 0.0450. The third-order valence-electron chi connectivity index (χ3n) is 2.91. The average molecular weight is 264 g/mol. The van der Waals surface area contributed by atoms with Crippen LogP contribution in [-0.4, -0.2) is 24.2 Å². The van der Waals surface area contributed by atoms with Crippen LogP contribution in [0.1, 0.15) is 38.2 Å². The minimum atomic E-state index is -0.0450. The van der Waals surface area contributed by atoms with E-state index in [1.807, 2.05) is 24.3 Å². The van der Waals surface area contributed by atoms with Crippen LogP contribution in [0.3, 0.4) is 0 Å². The molecule has 0 radical (unpaired) electrons. The van der Waals surface area contributed by atoms with Gasteiger partial charge in [0.15, 0.2) is 0 Å². The number of carbonyl (C=O) groups is 1. The maximum atomic E-state index is 11.1. The van der Waals surface area contributed by atoms with Gasteiger partial charge in [-0.1, -0.05) is 31.0 Å². The van der Waals surface area contributed by atoms with Crippen LogP contribution in [-0.2, 0) is 11.3 Å². The van der Waals surface area contributed by atoms with Crippen LogP contribution in [0, 0.1) is 0 Å². The highest BCUT2D eigenvalue weighted by Crippen LogP contribution is 2.14. The van der Waals surface area contributed by atoms with Gasteiger partial charge in [0.2, 0.25) is 5.91 Å². The van der Waals surface area contributed by atoms with Crippen molar-refractivity contribution in [3.8, 4) is 0 Å². The van der Waals surface area contributed by atoms with Crippen LogP contribution < -0.4 is 10.6 Å². The second-order valence-corrected chi connectivity index (χ2v) is 4.65. The van der Waals surface area contributed by atoms with E-state index in [1.54, 1.807) is 0 Å². The zero-order chi connectivity index (χ0) is 13.9. The van der Waals surface area contributed by atoms with Crippen molar-refractivity contribution in [3.05, 3.63) is 29.8 Å². The first kappa shape index (κ1) is 15.7. The first-order valence-corrected chi connectivity index (χ1v) is 6.91. The lowest BCUT2D eigenvalue weighted by atomic mass is 10.1. The Morgan fingerprint density at radius 1 is 1.16 bits per heavy atom. The van der Waals surface area contributed by atoms with Crippen molar-refractivity contribution in [3.63, 3.8) is 0 Å². The summed E-state index contributed by atoms with van der Waals surface area (Å²) in [7, 11) is 0. The molecule has 0 fully saturated rings. The van der Waals surface area contributed by atoms with Crippen LogP contribution in [0.15, 0.2) is 24.3 Å².